The van der Waals surface area contributed by atoms with Gasteiger partial charge in [-0.05, 0) is 34.6 Å². The molecule has 0 heterocycles. The highest BCUT2D eigenvalue weighted by Gasteiger charge is 2.19. The van der Waals surface area contributed by atoms with Gasteiger partial charge in [0.25, 0.3) is 0 Å². The minimum atomic E-state index is -0.839. The molecule has 0 radical (unpaired) electrons. The maximum absolute atomic E-state index is 10.2. The van der Waals surface area contributed by atoms with Crippen LogP contribution in [0.15, 0.2) is 22.4 Å². The van der Waals surface area contributed by atoms with Crippen molar-refractivity contribution in [2.75, 3.05) is 7.11 Å². The number of rotatable bonds is 3. The van der Waals surface area contributed by atoms with E-state index < -0.39 is 11.1 Å². The Morgan fingerprint density at radius 3 is 1.53 bits per heavy atom. The van der Waals surface area contributed by atoms with E-state index in [4.69, 9.17) is 10.5 Å². The molecule has 6 nitrogen and oxygen atoms in total. The topological polar surface area (TPSA) is 98.6 Å². The number of carbonyl (C=O) groups excluding carboxylic acids is 1. The second-order valence-corrected chi connectivity index (χ2v) is 4.81. The SMILES string of the molecule is C=C(C)C(=O)OC.CC(C)(C#N)N=NC(C)(C)C#N. The highest BCUT2D eigenvalue weighted by atomic mass is 16.5. The summed E-state index contributed by atoms with van der Waals surface area (Å²) in [6.07, 6.45) is 0. The molecule has 104 valence electrons. The zero-order chi connectivity index (χ0) is 15.7. The van der Waals surface area contributed by atoms with Crippen LogP contribution in [0.2, 0.25) is 0 Å². The summed E-state index contributed by atoms with van der Waals surface area (Å²) in [5, 5.41) is 24.7. The Bertz CT molecular complexity index is 409. The van der Waals surface area contributed by atoms with E-state index in [-0.39, 0.29) is 5.97 Å². The Labute approximate surface area is 114 Å². The van der Waals surface area contributed by atoms with Gasteiger partial charge in [-0.25, -0.2) is 4.79 Å². The maximum atomic E-state index is 10.2. The summed E-state index contributed by atoms with van der Waals surface area (Å²) in [5.74, 6) is -0.347. The van der Waals surface area contributed by atoms with Crippen molar-refractivity contribution in [2.24, 2.45) is 10.2 Å². The lowest BCUT2D eigenvalue weighted by Gasteiger charge is -2.11. The summed E-state index contributed by atoms with van der Waals surface area (Å²) in [6, 6.07) is 3.94. The molecule has 19 heavy (non-hydrogen) atoms. The Morgan fingerprint density at radius 2 is 1.42 bits per heavy atom. The Balaban J connectivity index is 0. The molecule has 0 N–H and O–H groups in total. The molecule has 0 aliphatic carbocycles. The number of esters is 1. The van der Waals surface area contributed by atoms with Crippen LogP contribution in [0.25, 0.3) is 0 Å². The first-order valence-corrected chi connectivity index (χ1v) is 5.51. The van der Waals surface area contributed by atoms with Gasteiger partial charge < -0.3 is 4.74 Å². The summed E-state index contributed by atoms with van der Waals surface area (Å²) in [7, 11) is 1.33. The smallest absolute Gasteiger partial charge is 0.332 e. The number of ether oxygens (including phenoxy) is 1. The molecule has 0 saturated carbocycles. The number of methoxy groups -OCH3 is 1. The average Bonchev–Trinajstić information content (AvgIpc) is 2.36. The van der Waals surface area contributed by atoms with Crippen LogP contribution >= 0.6 is 0 Å². The van der Waals surface area contributed by atoms with Crippen LogP contribution in [0.3, 0.4) is 0 Å². The standard InChI is InChI=1S/C8H12N4.C5H8O2/c1-7(2,5-9)11-12-8(3,4)6-10;1-4(2)5(6)7-3/h1-4H3;1H2,2-3H3. The summed E-state index contributed by atoms with van der Waals surface area (Å²) in [5.41, 5.74) is -1.25. The molecule has 0 spiro atoms. The van der Waals surface area contributed by atoms with Crippen LogP contribution in [0.4, 0.5) is 0 Å². The minimum Gasteiger partial charge on any atom is -0.466 e. The van der Waals surface area contributed by atoms with Crippen LogP contribution in [0.5, 0.6) is 0 Å². The van der Waals surface area contributed by atoms with E-state index in [2.05, 4.69) is 21.5 Å². The third kappa shape index (κ3) is 10.7. The molecule has 0 aliphatic rings. The molecule has 0 saturated heterocycles. The molecule has 0 bridgehead atoms. The first-order chi connectivity index (χ1) is 8.51. The molecule has 0 atom stereocenters. The van der Waals surface area contributed by atoms with Crippen molar-refractivity contribution >= 4 is 5.97 Å². The molecule has 0 unspecified atom stereocenters. The van der Waals surface area contributed by atoms with E-state index >= 15 is 0 Å². The molecule has 0 amide bonds. The highest BCUT2D eigenvalue weighted by molar-refractivity contribution is 5.86. The zero-order valence-corrected chi connectivity index (χ0v) is 12.3. The fraction of sp³-hybridized carbons (Fsp3) is 0.615. The van der Waals surface area contributed by atoms with Crippen molar-refractivity contribution in [3.8, 4) is 12.1 Å². The number of carbonyl (C=O) groups is 1. The number of nitrogens with zero attached hydrogens (tertiary/aromatic N) is 4. The van der Waals surface area contributed by atoms with Gasteiger partial charge >= 0.3 is 5.97 Å². The van der Waals surface area contributed by atoms with Gasteiger partial charge in [-0.15, -0.1) is 0 Å². The Kier molecular flexibility index (Phi) is 8.05. The number of hydrogen-bond donors (Lipinski definition) is 0. The van der Waals surface area contributed by atoms with Crippen molar-refractivity contribution in [1.82, 2.24) is 0 Å². The second-order valence-electron chi connectivity index (χ2n) is 4.81. The van der Waals surface area contributed by atoms with Gasteiger partial charge in [-0.2, -0.15) is 20.8 Å². The fourth-order valence-corrected chi connectivity index (χ4v) is 0.469. The van der Waals surface area contributed by atoms with Crippen LogP contribution in [-0.2, 0) is 9.53 Å². The van der Waals surface area contributed by atoms with Crippen molar-refractivity contribution in [3.63, 3.8) is 0 Å². The first kappa shape index (κ1) is 19.1. The van der Waals surface area contributed by atoms with Crippen molar-refractivity contribution < 1.29 is 9.53 Å². The molecular weight excluding hydrogens is 244 g/mol. The zero-order valence-electron chi connectivity index (χ0n) is 12.3. The first-order valence-electron chi connectivity index (χ1n) is 5.51. The van der Waals surface area contributed by atoms with E-state index in [0.29, 0.717) is 5.57 Å². The van der Waals surface area contributed by atoms with E-state index in [1.165, 1.54) is 7.11 Å². The number of nitriles is 2. The van der Waals surface area contributed by atoms with E-state index in [1.54, 1.807) is 34.6 Å². The fourth-order valence-electron chi connectivity index (χ4n) is 0.469. The van der Waals surface area contributed by atoms with Gasteiger partial charge in [-0.3, -0.25) is 0 Å². The summed E-state index contributed by atoms with van der Waals surface area (Å²) in [6.45, 7) is 11.5. The van der Waals surface area contributed by atoms with Crippen LogP contribution in [0, 0.1) is 22.7 Å². The molecule has 0 aliphatic heterocycles. The molecule has 0 aromatic carbocycles. The lowest BCUT2D eigenvalue weighted by molar-refractivity contribution is -0.136. The third-order valence-corrected chi connectivity index (χ3v) is 1.63. The van der Waals surface area contributed by atoms with Gasteiger partial charge in [0, 0.05) is 5.57 Å². The summed E-state index contributed by atoms with van der Waals surface area (Å²) >= 11 is 0. The second kappa shape index (κ2) is 7.99. The molecule has 6 heteroatoms. The lowest BCUT2D eigenvalue weighted by Crippen LogP contribution is -2.17. The largest absolute Gasteiger partial charge is 0.466 e. The Morgan fingerprint density at radius 1 is 1.11 bits per heavy atom. The molecule has 0 fully saturated rings. The van der Waals surface area contributed by atoms with Crippen molar-refractivity contribution in [1.29, 1.82) is 10.5 Å². The Hall–Kier alpha value is -2.21. The normalized spacial score (nSPS) is 10.7. The molecule has 0 aromatic rings. The predicted molar refractivity (Wildman–Crippen MR) is 71.1 cm³/mol. The van der Waals surface area contributed by atoms with Crippen LogP contribution in [0.1, 0.15) is 34.6 Å². The molecule has 0 aromatic heterocycles. The third-order valence-electron chi connectivity index (χ3n) is 1.63. The summed E-state index contributed by atoms with van der Waals surface area (Å²) < 4.78 is 4.27. The quantitative estimate of drug-likeness (QED) is 0.444. The van der Waals surface area contributed by atoms with Crippen molar-refractivity contribution in [3.05, 3.63) is 12.2 Å². The van der Waals surface area contributed by atoms with Gasteiger partial charge in [0.05, 0.1) is 19.2 Å². The van der Waals surface area contributed by atoms with Gasteiger partial charge in [-0.1, -0.05) is 6.58 Å². The van der Waals surface area contributed by atoms with Crippen LogP contribution < -0.4 is 0 Å². The van der Waals surface area contributed by atoms with E-state index in [9.17, 15) is 4.79 Å². The summed E-state index contributed by atoms with van der Waals surface area (Å²) in [4.78, 5) is 10.2. The average molecular weight is 264 g/mol. The maximum Gasteiger partial charge on any atom is 0.332 e. The van der Waals surface area contributed by atoms with E-state index in [0.717, 1.165) is 0 Å². The molecular formula is C13H20N4O2. The van der Waals surface area contributed by atoms with Crippen LogP contribution in [-0.4, -0.2) is 24.2 Å². The monoisotopic (exact) mass is 264 g/mol. The van der Waals surface area contributed by atoms with Gasteiger partial charge in [0.2, 0.25) is 0 Å². The minimum absolute atomic E-state index is 0.347. The number of hydrogen-bond acceptors (Lipinski definition) is 6. The van der Waals surface area contributed by atoms with E-state index in [1.807, 2.05) is 12.1 Å². The molecule has 0 rings (SSSR count). The predicted octanol–water partition coefficient (Wildman–Crippen LogP) is 2.78. The van der Waals surface area contributed by atoms with Gasteiger partial charge in [0.1, 0.15) is 0 Å². The van der Waals surface area contributed by atoms with Crippen molar-refractivity contribution in [2.45, 2.75) is 45.7 Å². The van der Waals surface area contributed by atoms with Gasteiger partial charge in [0.15, 0.2) is 11.1 Å². The number of azo groups is 1. The lowest BCUT2D eigenvalue weighted by atomic mass is 10.1. The highest BCUT2D eigenvalue weighted by Crippen LogP contribution is 2.13.